The number of hydrogen-bond donors (Lipinski definition) is 2. The second-order valence-corrected chi connectivity index (χ2v) is 8.28. The molecule has 28 heavy (non-hydrogen) atoms. The first-order valence-corrected chi connectivity index (χ1v) is 10.8. The Balaban J connectivity index is 1.50. The van der Waals surface area contributed by atoms with Gasteiger partial charge in [-0.15, -0.1) is 0 Å². The van der Waals surface area contributed by atoms with Crippen LogP contribution in [-0.2, 0) is 4.74 Å². The highest BCUT2D eigenvalue weighted by Crippen LogP contribution is 2.19. The highest BCUT2D eigenvalue weighted by Gasteiger charge is 2.24. The van der Waals surface area contributed by atoms with E-state index in [0.29, 0.717) is 18.5 Å². The molecule has 0 aromatic heterocycles. The average Bonchev–Trinajstić information content (AvgIpc) is 3.15. The van der Waals surface area contributed by atoms with E-state index in [1.54, 1.807) is 0 Å². The van der Waals surface area contributed by atoms with E-state index in [0.717, 1.165) is 58.3 Å². The Hall–Kier alpha value is -1.79. The molecule has 0 saturated carbocycles. The first kappa shape index (κ1) is 20.9. The van der Waals surface area contributed by atoms with E-state index in [1.807, 2.05) is 0 Å². The van der Waals surface area contributed by atoms with Crippen molar-refractivity contribution in [1.29, 1.82) is 0 Å². The van der Waals surface area contributed by atoms with Crippen LogP contribution in [0.5, 0.6) is 0 Å². The maximum atomic E-state index is 5.95. The zero-order valence-electron chi connectivity index (χ0n) is 17.7. The summed E-state index contributed by atoms with van der Waals surface area (Å²) in [6.45, 7) is 14.3. The molecule has 2 saturated heterocycles. The van der Waals surface area contributed by atoms with Crippen LogP contribution in [0.25, 0.3) is 0 Å². The molecule has 2 atom stereocenters. The Labute approximate surface area is 170 Å². The third kappa shape index (κ3) is 6.38. The van der Waals surface area contributed by atoms with E-state index in [1.165, 1.54) is 5.69 Å². The van der Waals surface area contributed by atoms with Gasteiger partial charge >= 0.3 is 0 Å². The van der Waals surface area contributed by atoms with Crippen LogP contribution in [0.4, 0.5) is 5.69 Å². The molecule has 0 radical (unpaired) electrons. The van der Waals surface area contributed by atoms with Crippen LogP contribution < -0.4 is 15.5 Å². The Morgan fingerprint density at radius 3 is 2.79 bits per heavy atom. The lowest BCUT2D eigenvalue weighted by molar-refractivity contribution is -0.0262. The third-order valence-electron chi connectivity index (χ3n) is 5.29. The van der Waals surface area contributed by atoms with Gasteiger partial charge in [-0.3, -0.25) is 9.89 Å². The predicted octanol–water partition coefficient (Wildman–Crippen LogP) is 2.18. The van der Waals surface area contributed by atoms with Gasteiger partial charge in [-0.05, 0) is 31.4 Å². The van der Waals surface area contributed by atoms with Crippen molar-refractivity contribution in [2.45, 2.75) is 39.3 Å². The van der Waals surface area contributed by atoms with Crippen LogP contribution in [-0.4, -0.2) is 75.4 Å². The van der Waals surface area contributed by atoms with Crippen molar-refractivity contribution in [3.63, 3.8) is 0 Å². The number of guanidine groups is 1. The number of rotatable bonds is 7. The van der Waals surface area contributed by atoms with Crippen molar-refractivity contribution in [2.75, 3.05) is 57.3 Å². The largest absolute Gasteiger partial charge is 0.374 e. The number of ether oxygens (including phenoxy) is 1. The van der Waals surface area contributed by atoms with Gasteiger partial charge in [0, 0.05) is 51.0 Å². The van der Waals surface area contributed by atoms with Crippen LogP contribution in [0.2, 0.25) is 0 Å². The quantitative estimate of drug-likeness (QED) is 0.555. The van der Waals surface area contributed by atoms with E-state index >= 15 is 0 Å². The third-order valence-corrected chi connectivity index (χ3v) is 5.29. The molecule has 2 N–H and O–H groups in total. The number of nitrogens with one attached hydrogen (secondary N) is 2. The van der Waals surface area contributed by atoms with Gasteiger partial charge in [0.2, 0.25) is 0 Å². The molecule has 0 bridgehead atoms. The molecule has 2 fully saturated rings. The van der Waals surface area contributed by atoms with Gasteiger partial charge in [-0.25, -0.2) is 0 Å². The number of para-hydroxylation sites is 1. The zero-order chi connectivity index (χ0) is 19.8. The number of anilines is 1. The lowest BCUT2D eigenvalue weighted by atomic mass is 10.2. The second-order valence-electron chi connectivity index (χ2n) is 8.28. The molecule has 2 aliphatic heterocycles. The average molecular weight is 388 g/mol. The first-order valence-electron chi connectivity index (χ1n) is 10.8. The molecule has 6 heteroatoms. The number of nitrogens with zero attached hydrogens (tertiary/aromatic N) is 3. The molecule has 156 valence electrons. The summed E-state index contributed by atoms with van der Waals surface area (Å²) in [5.41, 5.74) is 1.30. The van der Waals surface area contributed by atoms with Gasteiger partial charge in [-0.1, -0.05) is 32.0 Å². The topological polar surface area (TPSA) is 52.1 Å². The highest BCUT2D eigenvalue weighted by atomic mass is 16.5. The molecule has 2 aliphatic rings. The summed E-state index contributed by atoms with van der Waals surface area (Å²) in [6, 6.07) is 11.1. The summed E-state index contributed by atoms with van der Waals surface area (Å²) >= 11 is 0. The van der Waals surface area contributed by atoms with E-state index in [-0.39, 0.29) is 6.10 Å². The standard InChI is InChI=1S/C22H37N5O/c1-4-23-22(24-14-21-17-26(12-13-28-21)15-18(2)3)25-19-10-11-27(16-19)20-8-6-5-7-9-20/h5-9,18-19,21H,4,10-17H2,1-3H3,(H2,23,24,25). The van der Waals surface area contributed by atoms with Gasteiger partial charge in [0.1, 0.15) is 0 Å². The van der Waals surface area contributed by atoms with E-state index in [9.17, 15) is 0 Å². The lowest BCUT2D eigenvalue weighted by Gasteiger charge is -2.33. The fourth-order valence-electron chi connectivity index (χ4n) is 4.03. The Kier molecular flexibility index (Phi) is 7.98. The monoisotopic (exact) mass is 387 g/mol. The van der Waals surface area contributed by atoms with Crippen molar-refractivity contribution in [1.82, 2.24) is 15.5 Å². The molecule has 3 rings (SSSR count). The summed E-state index contributed by atoms with van der Waals surface area (Å²) in [5.74, 6) is 1.60. The van der Waals surface area contributed by atoms with Crippen LogP contribution in [0.3, 0.4) is 0 Å². The Morgan fingerprint density at radius 2 is 2.04 bits per heavy atom. The summed E-state index contributed by atoms with van der Waals surface area (Å²) in [7, 11) is 0. The highest BCUT2D eigenvalue weighted by molar-refractivity contribution is 5.80. The number of aliphatic imine (C=N–C) groups is 1. The van der Waals surface area contributed by atoms with Gasteiger partial charge < -0.3 is 20.3 Å². The zero-order valence-corrected chi connectivity index (χ0v) is 17.7. The molecule has 0 spiro atoms. The van der Waals surface area contributed by atoms with Crippen molar-refractivity contribution in [3.05, 3.63) is 30.3 Å². The SMILES string of the molecule is CCNC(=NCC1CN(CC(C)C)CCO1)NC1CCN(c2ccccc2)C1. The van der Waals surface area contributed by atoms with Gasteiger partial charge in [0.05, 0.1) is 19.3 Å². The molecular weight excluding hydrogens is 350 g/mol. The van der Waals surface area contributed by atoms with Crippen LogP contribution in [0.15, 0.2) is 35.3 Å². The molecule has 0 aliphatic carbocycles. The first-order chi connectivity index (χ1) is 13.6. The van der Waals surface area contributed by atoms with E-state index in [4.69, 9.17) is 9.73 Å². The van der Waals surface area contributed by atoms with E-state index in [2.05, 4.69) is 71.5 Å². The molecule has 1 aromatic carbocycles. The summed E-state index contributed by atoms with van der Waals surface area (Å²) in [5, 5.41) is 7.03. The van der Waals surface area contributed by atoms with Gasteiger partial charge in [-0.2, -0.15) is 0 Å². The maximum Gasteiger partial charge on any atom is 0.191 e. The minimum Gasteiger partial charge on any atom is -0.374 e. The number of hydrogen-bond acceptors (Lipinski definition) is 4. The Morgan fingerprint density at radius 1 is 1.21 bits per heavy atom. The van der Waals surface area contributed by atoms with Crippen LogP contribution in [0.1, 0.15) is 27.2 Å². The minimum absolute atomic E-state index is 0.187. The molecule has 2 heterocycles. The lowest BCUT2D eigenvalue weighted by Crippen LogP contribution is -2.47. The van der Waals surface area contributed by atoms with Gasteiger partial charge in [0.15, 0.2) is 5.96 Å². The van der Waals surface area contributed by atoms with E-state index < -0.39 is 0 Å². The fourth-order valence-corrected chi connectivity index (χ4v) is 4.03. The maximum absolute atomic E-state index is 5.95. The van der Waals surface area contributed by atoms with Crippen molar-refractivity contribution < 1.29 is 4.74 Å². The van der Waals surface area contributed by atoms with Crippen molar-refractivity contribution in [3.8, 4) is 0 Å². The second kappa shape index (κ2) is 10.7. The summed E-state index contributed by atoms with van der Waals surface area (Å²) in [6.07, 6.45) is 1.31. The molecule has 0 amide bonds. The summed E-state index contributed by atoms with van der Waals surface area (Å²) < 4.78 is 5.95. The van der Waals surface area contributed by atoms with Crippen LogP contribution >= 0.6 is 0 Å². The Bertz CT molecular complexity index is 606. The fraction of sp³-hybridized carbons (Fsp3) is 0.682. The van der Waals surface area contributed by atoms with Crippen molar-refractivity contribution >= 4 is 11.6 Å². The van der Waals surface area contributed by atoms with Gasteiger partial charge in [0.25, 0.3) is 0 Å². The van der Waals surface area contributed by atoms with Crippen LogP contribution in [0, 0.1) is 5.92 Å². The molecule has 6 nitrogen and oxygen atoms in total. The molecular formula is C22H37N5O. The normalized spacial score (nSPS) is 24.0. The predicted molar refractivity (Wildman–Crippen MR) is 117 cm³/mol. The number of morpholine rings is 1. The smallest absolute Gasteiger partial charge is 0.191 e. The molecule has 1 aromatic rings. The van der Waals surface area contributed by atoms with Crippen molar-refractivity contribution in [2.24, 2.45) is 10.9 Å². The molecule has 2 unspecified atom stereocenters. The summed E-state index contributed by atoms with van der Waals surface area (Å²) in [4.78, 5) is 9.78. The minimum atomic E-state index is 0.187. The number of benzene rings is 1.